The molecule has 1 rings (SSSR count). The molecule has 4 heteroatoms. The molecule has 0 aliphatic carbocycles. The van der Waals surface area contributed by atoms with Crippen molar-refractivity contribution in [3.05, 3.63) is 29.8 Å². The minimum Gasteiger partial charge on any atom is -0.508 e. The maximum Gasteiger partial charge on any atom is 0.115 e. The van der Waals surface area contributed by atoms with E-state index in [1.807, 2.05) is 5.48 Å². The third kappa shape index (κ3) is 3.23. The van der Waals surface area contributed by atoms with E-state index >= 15 is 0 Å². The molecule has 0 aliphatic heterocycles. The molecule has 0 amide bonds. The number of benzene rings is 1. The Morgan fingerprint density at radius 3 is 2.18 bits per heavy atom. The molecule has 1 aromatic carbocycles. The van der Waals surface area contributed by atoms with Crippen molar-refractivity contribution in [1.82, 2.24) is 5.48 Å². The fourth-order valence-electron chi connectivity index (χ4n) is 0.705. The van der Waals surface area contributed by atoms with Gasteiger partial charge in [0, 0.05) is 6.54 Å². The van der Waals surface area contributed by atoms with Gasteiger partial charge in [0.1, 0.15) is 5.75 Å². The highest BCUT2D eigenvalue weighted by Crippen LogP contribution is 2.08. The van der Waals surface area contributed by atoms with Crippen LogP contribution < -0.4 is 5.48 Å². The highest BCUT2D eigenvalue weighted by atomic mass is 35.5. The van der Waals surface area contributed by atoms with E-state index in [1.54, 1.807) is 24.3 Å². The third-order valence-electron chi connectivity index (χ3n) is 1.22. The van der Waals surface area contributed by atoms with Crippen molar-refractivity contribution in [1.29, 1.82) is 0 Å². The quantitative estimate of drug-likeness (QED) is 0.594. The second-order valence-electron chi connectivity index (χ2n) is 2.00. The maximum absolute atomic E-state index is 8.84. The molecule has 0 saturated heterocycles. The molecule has 0 aliphatic rings. The summed E-state index contributed by atoms with van der Waals surface area (Å²) in [5.74, 6) is 0.238. The first-order valence-corrected chi connectivity index (χ1v) is 2.98. The van der Waals surface area contributed by atoms with Gasteiger partial charge in [0.15, 0.2) is 0 Å². The summed E-state index contributed by atoms with van der Waals surface area (Å²) in [6, 6.07) is 6.62. The zero-order chi connectivity index (χ0) is 7.40. The third-order valence-corrected chi connectivity index (χ3v) is 1.22. The Balaban J connectivity index is 0.000001000. The van der Waals surface area contributed by atoms with Crippen molar-refractivity contribution in [2.45, 2.75) is 6.54 Å². The number of hydroxylamine groups is 1. The molecule has 0 fully saturated rings. The lowest BCUT2D eigenvalue weighted by atomic mass is 10.2. The van der Waals surface area contributed by atoms with Crippen LogP contribution in [0.25, 0.3) is 0 Å². The van der Waals surface area contributed by atoms with Gasteiger partial charge >= 0.3 is 0 Å². The number of hydrogen-bond acceptors (Lipinski definition) is 3. The van der Waals surface area contributed by atoms with Gasteiger partial charge in [0.25, 0.3) is 0 Å². The summed E-state index contributed by atoms with van der Waals surface area (Å²) in [4.78, 5) is 0. The van der Waals surface area contributed by atoms with Crippen molar-refractivity contribution in [2.75, 3.05) is 0 Å². The van der Waals surface area contributed by atoms with Crippen LogP contribution in [0.2, 0.25) is 0 Å². The number of aromatic hydroxyl groups is 1. The number of hydrogen-bond donors (Lipinski definition) is 3. The summed E-state index contributed by atoms with van der Waals surface area (Å²) < 4.78 is 0. The fourth-order valence-corrected chi connectivity index (χ4v) is 0.705. The van der Waals surface area contributed by atoms with Crippen LogP contribution in [0, 0.1) is 0 Å². The molecule has 0 heterocycles. The zero-order valence-electron chi connectivity index (χ0n) is 5.82. The molecule has 0 unspecified atom stereocenters. The van der Waals surface area contributed by atoms with Crippen molar-refractivity contribution < 1.29 is 10.3 Å². The summed E-state index contributed by atoms with van der Waals surface area (Å²) in [5, 5.41) is 17.1. The maximum atomic E-state index is 8.84. The normalized spacial score (nSPS) is 8.82. The number of phenols is 1. The Morgan fingerprint density at radius 2 is 1.73 bits per heavy atom. The topological polar surface area (TPSA) is 52.5 Å². The van der Waals surface area contributed by atoms with Crippen molar-refractivity contribution in [3.8, 4) is 5.75 Å². The Bertz CT molecular complexity index is 200. The van der Waals surface area contributed by atoms with Gasteiger partial charge in [-0.3, -0.25) is 0 Å². The fraction of sp³-hybridized carbons (Fsp3) is 0.143. The van der Waals surface area contributed by atoms with Gasteiger partial charge in [-0.2, -0.15) is 0 Å². The molecule has 0 aromatic heterocycles. The highest BCUT2D eigenvalue weighted by molar-refractivity contribution is 5.85. The highest BCUT2D eigenvalue weighted by Gasteiger charge is 1.89. The number of phenolic OH excluding ortho intramolecular Hbond substituents is 1. The average Bonchev–Trinajstić information content (AvgIpc) is 1.95. The Labute approximate surface area is 71.0 Å². The SMILES string of the molecule is Cl.ONCc1ccc(O)cc1. The smallest absolute Gasteiger partial charge is 0.115 e. The summed E-state index contributed by atoms with van der Waals surface area (Å²) in [6.45, 7) is 0.403. The lowest BCUT2D eigenvalue weighted by Crippen LogP contribution is -2.05. The molecule has 0 atom stereocenters. The molecule has 0 radical (unpaired) electrons. The number of nitrogens with one attached hydrogen (secondary N) is 1. The largest absolute Gasteiger partial charge is 0.508 e. The lowest BCUT2D eigenvalue weighted by Gasteiger charge is -1.97. The van der Waals surface area contributed by atoms with Gasteiger partial charge in [-0.05, 0) is 17.7 Å². The van der Waals surface area contributed by atoms with Crippen molar-refractivity contribution >= 4 is 12.4 Å². The minimum absolute atomic E-state index is 0. The van der Waals surface area contributed by atoms with Gasteiger partial charge in [-0.1, -0.05) is 12.1 Å². The van der Waals surface area contributed by atoms with Gasteiger partial charge in [-0.25, -0.2) is 5.48 Å². The molecule has 0 saturated carbocycles. The van der Waals surface area contributed by atoms with Crippen LogP contribution in [0.1, 0.15) is 5.56 Å². The lowest BCUT2D eigenvalue weighted by molar-refractivity contribution is 0.161. The standard InChI is InChI=1S/C7H9NO2.ClH/c9-7-3-1-6(2-4-7)5-8-10;/h1-4,8-10H,5H2;1H. The molecule has 62 valence electrons. The predicted octanol–water partition coefficient (Wildman–Crippen LogP) is 1.29. The van der Waals surface area contributed by atoms with Crippen molar-refractivity contribution in [2.24, 2.45) is 0 Å². The van der Waals surface area contributed by atoms with E-state index < -0.39 is 0 Å². The summed E-state index contributed by atoms with van der Waals surface area (Å²) in [7, 11) is 0. The van der Waals surface area contributed by atoms with Gasteiger partial charge in [0.05, 0.1) is 0 Å². The molecular formula is C7H10ClNO2. The monoisotopic (exact) mass is 175 g/mol. The molecule has 1 aromatic rings. The van der Waals surface area contributed by atoms with E-state index in [9.17, 15) is 0 Å². The molecular weight excluding hydrogens is 166 g/mol. The van der Waals surface area contributed by atoms with E-state index in [2.05, 4.69) is 0 Å². The molecule has 0 bridgehead atoms. The predicted molar refractivity (Wildman–Crippen MR) is 44.0 cm³/mol. The van der Waals surface area contributed by atoms with Gasteiger partial charge in [0.2, 0.25) is 0 Å². The van der Waals surface area contributed by atoms with Crippen LogP contribution in [-0.4, -0.2) is 10.3 Å². The minimum atomic E-state index is 0. The average molecular weight is 176 g/mol. The van der Waals surface area contributed by atoms with Crippen LogP contribution in [0.5, 0.6) is 5.75 Å². The Morgan fingerprint density at radius 1 is 1.18 bits per heavy atom. The van der Waals surface area contributed by atoms with E-state index in [1.165, 1.54) is 0 Å². The van der Waals surface area contributed by atoms with Crippen LogP contribution in [0.4, 0.5) is 0 Å². The first kappa shape index (κ1) is 10.2. The van der Waals surface area contributed by atoms with Crippen LogP contribution in [0.3, 0.4) is 0 Å². The number of halogens is 1. The zero-order valence-corrected chi connectivity index (χ0v) is 6.64. The molecule has 0 spiro atoms. The first-order chi connectivity index (χ1) is 4.83. The molecule has 3 nitrogen and oxygen atoms in total. The second kappa shape index (κ2) is 4.96. The molecule has 11 heavy (non-hydrogen) atoms. The molecule has 3 N–H and O–H groups in total. The van der Waals surface area contributed by atoms with Crippen molar-refractivity contribution in [3.63, 3.8) is 0 Å². The van der Waals surface area contributed by atoms with Gasteiger partial charge in [-0.15, -0.1) is 12.4 Å². The van der Waals surface area contributed by atoms with E-state index in [0.717, 1.165) is 5.56 Å². The summed E-state index contributed by atoms with van der Waals surface area (Å²) >= 11 is 0. The van der Waals surface area contributed by atoms with Gasteiger partial charge < -0.3 is 10.3 Å². The first-order valence-electron chi connectivity index (χ1n) is 2.98. The number of rotatable bonds is 2. The second-order valence-corrected chi connectivity index (χ2v) is 2.00. The van der Waals surface area contributed by atoms with E-state index in [0.29, 0.717) is 6.54 Å². The van der Waals surface area contributed by atoms with E-state index in [4.69, 9.17) is 10.3 Å². The van der Waals surface area contributed by atoms with Crippen LogP contribution in [-0.2, 0) is 6.54 Å². The van der Waals surface area contributed by atoms with Crippen LogP contribution in [0.15, 0.2) is 24.3 Å². The van der Waals surface area contributed by atoms with Crippen LogP contribution >= 0.6 is 12.4 Å². The Hall–Kier alpha value is -0.770. The summed E-state index contributed by atoms with van der Waals surface area (Å²) in [5.41, 5.74) is 2.95. The Kier molecular flexibility index (Phi) is 4.61. The van der Waals surface area contributed by atoms with E-state index in [-0.39, 0.29) is 18.2 Å². The summed E-state index contributed by atoms with van der Waals surface area (Å²) in [6.07, 6.45) is 0.